The van der Waals surface area contributed by atoms with Crippen LogP contribution >= 0.6 is 11.8 Å². The van der Waals surface area contributed by atoms with Gasteiger partial charge in [-0.2, -0.15) is 0 Å². The Balaban J connectivity index is 2.39. The van der Waals surface area contributed by atoms with Gasteiger partial charge in [-0.3, -0.25) is 0 Å². The van der Waals surface area contributed by atoms with Crippen molar-refractivity contribution >= 4 is 23.4 Å². The quantitative estimate of drug-likeness (QED) is 0.779. The fourth-order valence-corrected chi connectivity index (χ4v) is 2.92. The monoisotopic (exact) mass is 251 g/mol. The molecule has 0 saturated heterocycles. The van der Waals surface area contributed by atoms with Gasteiger partial charge in [-0.05, 0) is 17.5 Å². The zero-order valence-corrected chi connectivity index (χ0v) is 11.2. The lowest BCUT2D eigenvalue weighted by molar-refractivity contribution is 0.0601. The molecular weight excluding hydrogens is 234 g/mol. The minimum Gasteiger partial charge on any atom is -0.465 e. The lowest BCUT2D eigenvalue weighted by atomic mass is 9.96. The second-order valence-corrected chi connectivity index (χ2v) is 5.99. The third-order valence-corrected chi connectivity index (χ3v) is 4.37. The highest BCUT2D eigenvalue weighted by Gasteiger charge is 2.25. The molecule has 1 aliphatic rings. The van der Waals surface area contributed by atoms with E-state index in [0.717, 1.165) is 22.9 Å². The molecule has 0 atom stereocenters. The van der Waals surface area contributed by atoms with Crippen LogP contribution in [-0.2, 0) is 4.74 Å². The number of anilines is 1. The number of methoxy groups -OCH3 is 1. The van der Waals surface area contributed by atoms with Crippen molar-refractivity contribution in [3.8, 4) is 0 Å². The summed E-state index contributed by atoms with van der Waals surface area (Å²) in [6.07, 6.45) is 0. The summed E-state index contributed by atoms with van der Waals surface area (Å²) in [5.74, 6) is 0.757. The molecule has 1 aromatic carbocycles. The van der Waals surface area contributed by atoms with Crippen molar-refractivity contribution in [3.05, 3.63) is 23.8 Å². The van der Waals surface area contributed by atoms with Crippen LogP contribution < -0.4 is 5.32 Å². The summed E-state index contributed by atoms with van der Waals surface area (Å²) in [5, 5.41) is 3.38. The SMILES string of the molecule is COC(=O)c1cccc2c1NCC(C)(C)CS2. The van der Waals surface area contributed by atoms with Gasteiger partial charge in [0.2, 0.25) is 0 Å². The summed E-state index contributed by atoms with van der Waals surface area (Å²) in [6, 6.07) is 5.75. The van der Waals surface area contributed by atoms with Crippen LogP contribution in [0.1, 0.15) is 24.2 Å². The summed E-state index contributed by atoms with van der Waals surface area (Å²) in [6.45, 7) is 5.30. The maximum absolute atomic E-state index is 11.7. The molecule has 0 unspecified atom stereocenters. The van der Waals surface area contributed by atoms with E-state index in [1.807, 2.05) is 12.1 Å². The van der Waals surface area contributed by atoms with Crippen LogP contribution in [-0.4, -0.2) is 25.4 Å². The molecule has 2 rings (SSSR count). The molecule has 3 nitrogen and oxygen atoms in total. The predicted octanol–water partition coefficient (Wildman–Crippen LogP) is 3.02. The van der Waals surface area contributed by atoms with Gasteiger partial charge in [0.15, 0.2) is 0 Å². The minimum atomic E-state index is -0.283. The van der Waals surface area contributed by atoms with E-state index in [0.29, 0.717) is 5.56 Å². The van der Waals surface area contributed by atoms with Gasteiger partial charge in [0.1, 0.15) is 0 Å². The third kappa shape index (κ3) is 2.57. The average molecular weight is 251 g/mol. The number of hydrogen-bond acceptors (Lipinski definition) is 4. The number of thioether (sulfide) groups is 1. The Kier molecular flexibility index (Phi) is 3.33. The maximum Gasteiger partial charge on any atom is 0.340 e. The molecule has 0 radical (unpaired) electrons. The van der Waals surface area contributed by atoms with Gasteiger partial charge < -0.3 is 10.1 Å². The van der Waals surface area contributed by atoms with E-state index in [4.69, 9.17) is 4.74 Å². The number of benzene rings is 1. The smallest absolute Gasteiger partial charge is 0.340 e. The normalized spacial score (nSPS) is 17.6. The van der Waals surface area contributed by atoms with E-state index in [1.54, 1.807) is 17.8 Å². The van der Waals surface area contributed by atoms with Crippen LogP contribution in [0, 0.1) is 5.41 Å². The van der Waals surface area contributed by atoms with Gasteiger partial charge in [-0.25, -0.2) is 4.79 Å². The third-order valence-electron chi connectivity index (χ3n) is 2.79. The number of hydrogen-bond donors (Lipinski definition) is 1. The van der Waals surface area contributed by atoms with E-state index in [1.165, 1.54) is 7.11 Å². The Bertz CT molecular complexity index is 443. The summed E-state index contributed by atoms with van der Waals surface area (Å²) in [4.78, 5) is 12.8. The van der Waals surface area contributed by atoms with Crippen molar-refractivity contribution in [2.24, 2.45) is 5.41 Å². The average Bonchev–Trinajstić information content (AvgIpc) is 2.47. The van der Waals surface area contributed by atoms with Crippen LogP contribution in [0.15, 0.2) is 23.1 Å². The van der Waals surface area contributed by atoms with E-state index < -0.39 is 0 Å². The van der Waals surface area contributed by atoms with Crippen molar-refractivity contribution < 1.29 is 9.53 Å². The summed E-state index contributed by atoms with van der Waals surface area (Å²) in [5.41, 5.74) is 1.75. The van der Waals surface area contributed by atoms with Gasteiger partial charge in [0.25, 0.3) is 0 Å². The van der Waals surface area contributed by atoms with Gasteiger partial charge in [0.05, 0.1) is 18.4 Å². The number of carbonyl (C=O) groups excluding carboxylic acids is 1. The molecule has 92 valence electrons. The predicted molar refractivity (Wildman–Crippen MR) is 70.8 cm³/mol. The first-order chi connectivity index (χ1) is 8.03. The zero-order chi connectivity index (χ0) is 12.5. The van der Waals surface area contributed by atoms with Crippen LogP contribution in [0.3, 0.4) is 0 Å². The number of esters is 1. The number of para-hydroxylation sites is 1. The van der Waals surface area contributed by atoms with Crippen molar-refractivity contribution in [3.63, 3.8) is 0 Å². The number of nitrogens with one attached hydrogen (secondary N) is 1. The first kappa shape index (κ1) is 12.3. The van der Waals surface area contributed by atoms with Crippen molar-refractivity contribution in [1.29, 1.82) is 0 Å². The van der Waals surface area contributed by atoms with E-state index in [-0.39, 0.29) is 11.4 Å². The molecule has 0 spiro atoms. The topological polar surface area (TPSA) is 38.3 Å². The number of ether oxygens (including phenoxy) is 1. The van der Waals surface area contributed by atoms with Crippen LogP contribution in [0.2, 0.25) is 0 Å². The molecule has 0 aromatic heterocycles. The van der Waals surface area contributed by atoms with Crippen LogP contribution in [0.5, 0.6) is 0 Å². The van der Waals surface area contributed by atoms with Crippen molar-refractivity contribution in [2.45, 2.75) is 18.7 Å². The molecule has 1 aliphatic heterocycles. The highest BCUT2D eigenvalue weighted by atomic mass is 32.2. The highest BCUT2D eigenvalue weighted by Crippen LogP contribution is 2.38. The summed E-state index contributed by atoms with van der Waals surface area (Å²) >= 11 is 1.79. The summed E-state index contributed by atoms with van der Waals surface area (Å²) < 4.78 is 4.81. The standard InChI is InChI=1S/C13H17NO2S/c1-13(2)7-14-11-9(12(15)16-3)5-4-6-10(11)17-8-13/h4-6,14H,7-8H2,1-3H3. The Morgan fingerprint density at radius 1 is 1.47 bits per heavy atom. The molecular formula is C13H17NO2S. The van der Waals surface area contributed by atoms with Gasteiger partial charge in [0, 0.05) is 17.2 Å². The highest BCUT2D eigenvalue weighted by molar-refractivity contribution is 7.99. The van der Waals surface area contributed by atoms with Crippen LogP contribution in [0.25, 0.3) is 0 Å². The molecule has 1 heterocycles. The molecule has 0 fully saturated rings. The molecule has 0 aliphatic carbocycles. The van der Waals surface area contributed by atoms with Crippen LogP contribution in [0.4, 0.5) is 5.69 Å². The fraction of sp³-hybridized carbons (Fsp3) is 0.462. The van der Waals surface area contributed by atoms with Gasteiger partial charge in [-0.15, -0.1) is 11.8 Å². The molecule has 4 heteroatoms. The summed E-state index contributed by atoms with van der Waals surface area (Å²) in [7, 11) is 1.41. The minimum absolute atomic E-state index is 0.219. The first-order valence-electron chi connectivity index (χ1n) is 5.61. The lowest BCUT2D eigenvalue weighted by Gasteiger charge is -2.21. The molecule has 17 heavy (non-hydrogen) atoms. The first-order valence-corrected chi connectivity index (χ1v) is 6.60. The molecule has 1 aromatic rings. The van der Waals surface area contributed by atoms with Crippen molar-refractivity contribution in [1.82, 2.24) is 0 Å². The Morgan fingerprint density at radius 2 is 2.24 bits per heavy atom. The Morgan fingerprint density at radius 3 is 2.94 bits per heavy atom. The maximum atomic E-state index is 11.7. The second kappa shape index (κ2) is 4.61. The fourth-order valence-electron chi connectivity index (χ4n) is 1.77. The lowest BCUT2D eigenvalue weighted by Crippen LogP contribution is -2.24. The molecule has 0 saturated carbocycles. The molecule has 0 amide bonds. The van der Waals surface area contributed by atoms with E-state index in [2.05, 4.69) is 19.2 Å². The Labute approximate surface area is 106 Å². The molecule has 0 bridgehead atoms. The van der Waals surface area contributed by atoms with E-state index in [9.17, 15) is 4.79 Å². The largest absolute Gasteiger partial charge is 0.465 e. The van der Waals surface area contributed by atoms with E-state index >= 15 is 0 Å². The zero-order valence-electron chi connectivity index (χ0n) is 10.4. The molecule has 1 N–H and O–H groups in total. The van der Waals surface area contributed by atoms with Gasteiger partial charge >= 0.3 is 5.97 Å². The van der Waals surface area contributed by atoms with Gasteiger partial charge in [-0.1, -0.05) is 19.9 Å². The van der Waals surface area contributed by atoms with Crippen molar-refractivity contribution in [2.75, 3.05) is 24.7 Å². The number of carbonyl (C=O) groups is 1. The number of fused-ring (bicyclic) bond motifs is 1. The number of rotatable bonds is 1. The second-order valence-electron chi connectivity index (χ2n) is 4.98. The Hall–Kier alpha value is -1.16.